The van der Waals surface area contributed by atoms with Crippen molar-refractivity contribution in [1.29, 1.82) is 0 Å². The molecule has 1 saturated carbocycles. The Labute approximate surface area is 122 Å². The average molecular weight is 283 g/mol. The Balaban J connectivity index is 2.45. The largest absolute Gasteiger partial charge is 0.481 e. The van der Waals surface area contributed by atoms with E-state index in [1.165, 1.54) is 19.3 Å². The van der Waals surface area contributed by atoms with Crippen LogP contribution in [-0.4, -0.2) is 23.5 Å². The normalized spacial score (nSPS) is 25.0. The number of carboxylic acid groups (broad SMARTS) is 1. The van der Waals surface area contributed by atoms with Gasteiger partial charge in [-0.25, -0.2) is 0 Å². The Morgan fingerprint density at radius 2 is 1.65 bits per heavy atom. The molecule has 0 aromatic carbocycles. The van der Waals surface area contributed by atoms with Gasteiger partial charge in [0.2, 0.25) is 5.91 Å². The first-order valence-electron chi connectivity index (χ1n) is 7.76. The van der Waals surface area contributed by atoms with Crippen LogP contribution in [0.25, 0.3) is 0 Å². The van der Waals surface area contributed by atoms with E-state index < -0.39 is 17.3 Å². The zero-order chi connectivity index (χ0) is 15.3. The SMILES string of the molecule is CCC1CCC(CNC(=O)C(C(=O)O)C(C)(C)C)CC1. The number of carbonyl (C=O) groups excluding carboxylic acids is 1. The van der Waals surface area contributed by atoms with E-state index in [1.54, 1.807) is 20.8 Å². The van der Waals surface area contributed by atoms with Gasteiger partial charge in [0, 0.05) is 6.54 Å². The first-order valence-corrected chi connectivity index (χ1v) is 7.76. The minimum Gasteiger partial charge on any atom is -0.481 e. The minimum atomic E-state index is -1.04. The van der Waals surface area contributed by atoms with Gasteiger partial charge in [-0.2, -0.15) is 0 Å². The fourth-order valence-corrected chi connectivity index (χ4v) is 3.07. The van der Waals surface area contributed by atoms with Crippen LogP contribution in [0.5, 0.6) is 0 Å². The summed E-state index contributed by atoms with van der Waals surface area (Å²) >= 11 is 0. The Hall–Kier alpha value is -1.06. The monoisotopic (exact) mass is 283 g/mol. The molecule has 116 valence electrons. The van der Waals surface area contributed by atoms with Crippen LogP contribution in [0.2, 0.25) is 0 Å². The van der Waals surface area contributed by atoms with Gasteiger partial charge in [-0.15, -0.1) is 0 Å². The second kappa shape index (κ2) is 7.09. The van der Waals surface area contributed by atoms with Crippen molar-refractivity contribution in [2.75, 3.05) is 6.54 Å². The maximum Gasteiger partial charge on any atom is 0.316 e. The van der Waals surface area contributed by atoms with E-state index in [0.29, 0.717) is 12.5 Å². The van der Waals surface area contributed by atoms with Gasteiger partial charge in [0.05, 0.1) is 0 Å². The Morgan fingerprint density at radius 3 is 2.05 bits per heavy atom. The molecule has 0 saturated heterocycles. The summed E-state index contributed by atoms with van der Waals surface area (Å²) in [5.74, 6) is -1.01. The second-order valence-corrected chi connectivity index (χ2v) is 7.18. The van der Waals surface area contributed by atoms with Crippen LogP contribution >= 0.6 is 0 Å². The van der Waals surface area contributed by atoms with Crippen molar-refractivity contribution >= 4 is 11.9 Å². The molecule has 1 unspecified atom stereocenters. The highest BCUT2D eigenvalue weighted by molar-refractivity contribution is 5.97. The number of hydrogen-bond donors (Lipinski definition) is 2. The van der Waals surface area contributed by atoms with E-state index in [9.17, 15) is 14.7 Å². The smallest absolute Gasteiger partial charge is 0.316 e. The molecular weight excluding hydrogens is 254 g/mol. The van der Waals surface area contributed by atoms with Crippen molar-refractivity contribution in [2.24, 2.45) is 23.2 Å². The summed E-state index contributed by atoms with van der Waals surface area (Å²) in [7, 11) is 0. The summed E-state index contributed by atoms with van der Waals surface area (Å²) in [6, 6.07) is 0. The third kappa shape index (κ3) is 4.80. The van der Waals surface area contributed by atoms with Gasteiger partial charge in [-0.05, 0) is 30.1 Å². The molecule has 4 heteroatoms. The van der Waals surface area contributed by atoms with Gasteiger partial charge in [0.25, 0.3) is 0 Å². The highest BCUT2D eigenvalue weighted by Gasteiger charge is 2.37. The van der Waals surface area contributed by atoms with Crippen molar-refractivity contribution in [3.63, 3.8) is 0 Å². The van der Waals surface area contributed by atoms with Crippen LogP contribution in [0.3, 0.4) is 0 Å². The van der Waals surface area contributed by atoms with Crippen molar-refractivity contribution in [3.8, 4) is 0 Å². The molecule has 0 aromatic heterocycles. The maximum absolute atomic E-state index is 12.1. The quantitative estimate of drug-likeness (QED) is 0.762. The summed E-state index contributed by atoms with van der Waals surface area (Å²) in [6.45, 7) is 8.22. The molecule has 0 radical (unpaired) electrons. The highest BCUT2D eigenvalue weighted by Crippen LogP contribution is 2.30. The number of amides is 1. The van der Waals surface area contributed by atoms with E-state index in [-0.39, 0.29) is 5.91 Å². The van der Waals surface area contributed by atoms with E-state index in [0.717, 1.165) is 18.8 Å². The summed E-state index contributed by atoms with van der Waals surface area (Å²) in [4.78, 5) is 23.4. The molecule has 2 N–H and O–H groups in total. The van der Waals surface area contributed by atoms with Crippen LogP contribution in [0.1, 0.15) is 59.8 Å². The predicted octanol–water partition coefficient (Wildman–Crippen LogP) is 3.07. The zero-order valence-electron chi connectivity index (χ0n) is 13.2. The molecule has 0 heterocycles. The number of nitrogens with one attached hydrogen (secondary N) is 1. The van der Waals surface area contributed by atoms with Crippen LogP contribution in [-0.2, 0) is 9.59 Å². The number of rotatable bonds is 5. The number of aliphatic carboxylic acids is 1. The number of carbonyl (C=O) groups is 2. The number of hydrogen-bond acceptors (Lipinski definition) is 2. The molecule has 0 aromatic rings. The number of carboxylic acids is 1. The molecule has 1 atom stereocenters. The van der Waals surface area contributed by atoms with Crippen molar-refractivity contribution in [3.05, 3.63) is 0 Å². The second-order valence-electron chi connectivity index (χ2n) is 7.18. The lowest BCUT2D eigenvalue weighted by atomic mass is 9.79. The minimum absolute atomic E-state index is 0.345. The molecule has 1 fully saturated rings. The topological polar surface area (TPSA) is 66.4 Å². The van der Waals surface area contributed by atoms with Crippen molar-refractivity contribution in [2.45, 2.75) is 59.8 Å². The molecule has 1 aliphatic rings. The average Bonchev–Trinajstić information content (AvgIpc) is 2.34. The molecule has 0 spiro atoms. The van der Waals surface area contributed by atoms with Crippen LogP contribution < -0.4 is 5.32 Å². The standard InChI is InChI=1S/C16H29NO3/c1-5-11-6-8-12(9-7-11)10-17-14(18)13(15(19)20)16(2,3)4/h11-13H,5-10H2,1-4H3,(H,17,18)(H,19,20). The fourth-order valence-electron chi connectivity index (χ4n) is 3.07. The van der Waals surface area contributed by atoms with E-state index in [1.807, 2.05) is 0 Å². The Morgan fingerprint density at radius 1 is 1.15 bits per heavy atom. The van der Waals surface area contributed by atoms with Gasteiger partial charge >= 0.3 is 5.97 Å². The highest BCUT2D eigenvalue weighted by atomic mass is 16.4. The van der Waals surface area contributed by atoms with E-state index >= 15 is 0 Å². The molecule has 1 amide bonds. The third-order valence-electron chi connectivity index (χ3n) is 4.48. The summed E-state index contributed by atoms with van der Waals surface area (Å²) in [5, 5.41) is 12.1. The first-order chi connectivity index (χ1) is 9.25. The molecule has 0 aliphatic heterocycles. The summed E-state index contributed by atoms with van der Waals surface area (Å²) in [6.07, 6.45) is 6.00. The van der Waals surface area contributed by atoms with Crippen molar-refractivity contribution in [1.82, 2.24) is 5.32 Å². The molecule has 0 bridgehead atoms. The summed E-state index contributed by atoms with van der Waals surface area (Å²) in [5.41, 5.74) is -0.560. The van der Waals surface area contributed by atoms with Gasteiger partial charge in [-0.3, -0.25) is 9.59 Å². The van der Waals surface area contributed by atoms with Gasteiger partial charge in [0.1, 0.15) is 5.92 Å². The van der Waals surface area contributed by atoms with Crippen LogP contribution in [0.4, 0.5) is 0 Å². The lowest BCUT2D eigenvalue weighted by molar-refractivity contribution is -0.151. The molecule has 1 aliphatic carbocycles. The third-order valence-corrected chi connectivity index (χ3v) is 4.48. The molecular formula is C16H29NO3. The van der Waals surface area contributed by atoms with Crippen molar-refractivity contribution < 1.29 is 14.7 Å². The van der Waals surface area contributed by atoms with Crippen LogP contribution in [0, 0.1) is 23.2 Å². The van der Waals surface area contributed by atoms with E-state index in [2.05, 4.69) is 12.2 Å². The van der Waals surface area contributed by atoms with E-state index in [4.69, 9.17) is 0 Å². The lowest BCUT2D eigenvalue weighted by Crippen LogP contribution is -2.44. The first kappa shape index (κ1) is 17.0. The van der Waals surface area contributed by atoms with Gasteiger partial charge in [0.15, 0.2) is 0 Å². The zero-order valence-corrected chi connectivity index (χ0v) is 13.2. The van der Waals surface area contributed by atoms with Gasteiger partial charge < -0.3 is 10.4 Å². The Bertz CT molecular complexity index is 338. The molecule has 4 nitrogen and oxygen atoms in total. The Kier molecular flexibility index (Phi) is 6.03. The lowest BCUT2D eigenvalue weighted by Gasteiger charge is -2.30. The maximum atomic E-state index is 12.1. The predicted molar refractivity (Wildman–Crippen MR) is 79.3 cm³/mol. The summed E-state index contributed by atoms with van der Waals surface area (Å²) < 4.78 is 0. The van der Waals surface area contributed by atoms with Crippen LogP contribution in [0.15, 0.2) is 0 Å². The fraction of sp³-hybridized carbons (Fsp3) is 0.875. The molecule has 20 heavy (non-hydrogen) atoms. The molecule has 1 rings (SSSR count). The van der Waals surface area contributed by atoms with Gasteiger partial charge in [-0.1, -0.05) is 47.0 Å².